The van der Waals surface area contributed by atoms with Crippen molar-refractivity contribution in [2.75, 3.05) is 18.0 Å². The van der Waals surface area contributed by atoms with Crippen LogP contribution in [0.15, 0.2) is 0 Å². The minimum absolute atomic E-state index is 0.219. The van der Waals surface area contributed by atoms with Crippen LogP contribution in [-0.4, -0.2) is 28.8 Å². The lowest BCUT2D eigenvalue weighted by atomic mass is 9.86. The normalized spacial score (nSPS) is 23.4. The van der Waals surface area contributed by atoms with Crippen LogP contribution in [0, 0.1) is 12.8 Å². The van der Waals surface area contributed by atoms with Gasteiger partial charge in [0.25, 0.3) is 0 Å². The zero-order chi connectivity index (χ0) is 13.4. The highest BCUT2D eigenvalue weighted by Crippen LogP contribution is 2.28. The number of aryl methyl sites for hydroxylation is 1. The van der Waals surface area contributed by atoms with Gasteiger partial charge in [-0.15, -0.1) is 0 Å². The Labute approximate surface area is 114 Å². The minimum atomic E-state index is 0.219. The van der Waals surface area contributed by atoms with Crippen LogP contribution in [0.2, 0.25) is 0 Å². The van der Waals surface area contributed by atoms with Gasteiger partial charge in [0.1, 0.15) is 0 Å². The molecule has 0 amide bonds. The van der Waals surface area contributed by atoms with Crippen molar-refractivity contribution in [3.05, 3.63) is 17.0 Å². The van der Waals surface area contributed by atoms with E-state index in [0.717, 1.165) is 42.4 Å². The number of carbonyl (C=O) groups is 1. The zero-order valence-electron chi connectivity index (χ0n) is 11.8. The Morgan fingerprint density at radius 1 is 1.11 bits per heavy atom. The van der Waals surface area contributed by atoms with Crippen LogP contribution in [0.4, 0.5) is 5.95 Å². The molecule has 1 atom stereocenters. The molecule has 0 bridgehead atoms. The van der Waals surface area contributed by atoms with E-state index < -0.39 is 0 Å². The predicted molar refractivity (Wildman–Crippen MR) is 74.6 cm³/mol. The summed E-state index contributed by atoms with van der Waals surface area (Å²) >= 11 is 0. The Kier molecular flexibility index (Phi) is 3.25. The summed E-state index contributed by atoms with van der Waals surface area (Å²) < 4.78 is 0. The molecule has 2 heterocycles. The molecule has 3 rings (SSSR count). The van der Waals surface area contributed by atoms with Gasteiger partial charge in [-0.3, -0.25) is 4.79 Å². The molecular formula is C15H21N3O. The molecule has 1 aromatic rings. The number of anilines is 1. The number of Topliss-reactive ketones (excluding diaryl/α,β-unsaturated/α-hetero) is 1. The summed E-state index contributed by atoms with van der Waals surface area (Å²) in [6.07, 6.45) is 5.28. The molecule has 0 spiro atoms. The summed E-state index contributed by atoms with van der Waals surface area (Å²) in [5.41, 5.74) is 2.62. The average molecular weight is 259 g/mol. The fourth-order valence-corrected chi connectivity index (χ4v) is 3.18. The highest BCUT2D eigenvalue weighted by Gasteiger charge is 2.27. The van der Waals surface area contributed by atoms with Crippen molar-refractivity contribution >= 4 is 11.7 Å². The van der Waals surface area contributed by atoms with Crippen molar-refractivity contribution in [2.45, 2.75) is 46.0 Å². The molecule has 0 unspecified atom stereocenters. The Morgan fingerprint density at radius 2 is 1.84 bits per heavy atom. The lowest BCUT2D eigenvalue weighted by Crippen LogP contribution is -2.32. The molecule has 4 nitrogen and oxygen atoms in total. The highest BCUT2D eigenvalue weighted by molar-refractivity contribution is 5.99. The Bertz CT molecular complexity index is 506. The maximum absolute atomic E-state index is 12.1. The minimum Gasteiger partial charge on any atom is -0.341 e. The molecule has 2 aliphatic rings. The topological polar surface area (TPSA) is 46.1 Å². The van der Waals surface area contributed by atoms with Crippen LogP contribution in [0.25, 0.3) is 0 Å². The molecule has 0 saturated carbocycles. The second-order valence-corrected chi connectivity index (χ2v) is 5.92. The quantitative estimate of drug-likeness (QED) is 0.777. The van der Waals surface area contributed by atoms with Crippen molar-refractivity contribution in [2.24, 2.45) is 5.92 Å². The van der Waals surface area contributed by atoms with Crippen molar-refractivity contribution in [1.82, 2.24) is 9.97 Å². The average Bonchev–Trinajstić information content (AvgIpc) is 2.38. The van der Waals surface area contributed by atoms with E-state index in [0.29, 0.717) is 12.3 Å². The SMILES string of the molecule is Cc1nc(N2CCCCC2)nc2c1C(=O)C[C@H](C)C2. The number of fused-ring (bicyclic) bond motifs is 1. The largest absolute Gasteiger partial charge is 0.341 e. The van der Waals surface area contributed by atoms with Crippen molar-refractivity contribution in [3.63, 3.8) is 0 Å². The summed E-state index contributed by atoms with van der Waals surface area (Å²) in [5, 5.41) is 0. The van der Waals surface area contributed by atoms with Gasteiger partial charge in [0.2, 0.25) is 5.95 Å². The number of hydrogen-bond acceptors (Lipinski definition) is 4. The zero-order valence-corrected chi connectivity index (χ0v) is 11.8. The molecule has 0 radical (unpaired) electrons. The van der Waals surface area contributed by atoms with E-state index in [1.165, 1.54) is 19.3 Å². The van der Waals surface area contributed by atoms with E-state index >= 15 is 0 Å². The maximum Gasteiger partial charge on any atom is 0.225 e. The van der Waals surface area contributed by atoms with E-state index in [1.807, 2.05) is 6.92 Å². The van der Waals surface area contributed by atoms with Gasteiger partial charge in [-0.25, -0.2) is 9.97 Å². The number of aromatic nitrogens is 2. The first-order valence-electron chi connectivity index (χ1n) is 7.31. The fraction of sp³-hybridized carbons (Fsp3) is 0.667. The second kappa shape index (κ2) is 4.91. The Balaban J connectivity index is 1.98. The third-order valence-electron chi connectivity index (χ3n) is 4.15. The predicted octanol–water partition coefficient (Wildman–Crippen LogP) is 2.54. The van der Waals surface area contributed by atoms with Gasteiger partial charge < -0.3 is 4.90 Å². The van der Waals surface area contributed by atoms with Gasteiger partial charge in [-0.2, -0.15) is 0 Å². The van der Waals surface area contributed by atoms with Crippen molar-refractivity contribution in [3.8, 4) is 0 Å². The molecule has 0 aromatic carbocycles. The third-order valence-corrected chi connectivity index (χ3v) is 4.15. The van der Waals surface area contributed by atoms with Crippen LogP contribution >= 0.6 is 0 Å². The van der Waals surface area contributed by atoms with Gasteiger partial charge in [0, 0.05) is 19.5 Å². The lowest BCUT2D eigenvalue weighted by molar-refractivity contribution is 0.0951. The number of hydrogen-bond donors (Lipinski definition) is 0. The fourth-order valence-electron chi connectivity index (χ4n) is 3.18. The van der Waals surface area contributed by atoms with Crippen LogP contribution in [0.5, 0.6) is 0 Å². The first-order valence-corrected chi connectivity index (χ1v) is 7.31. The van der Waals surface area contributed by atoms with Gasteiger partial charge >= 0.3 is 0 Å². The van der Waals surface area contributed by atoms with Gasteiger partial charge in [-0.1, -0.05) is 6.92 Å². The van der Waals surface area contributed by atoms with Crippen molar-refractivity contribution in [1.29, 1.82) is 0 Å². The molecule has 4 heteroatoms. The van der Waals surface area contributed by atoms with Crippen LogP contribution < -0.4 is 4.90 Å². The highest BCUT2D eigenvalue weighted by atomic mass is 16.1. The number of carbonyl (C=O) groups excluding carboxylic acids is 1. The molecule has 102 valence electrons. The second-order valence-electron chi connectivity index (χ2n) is 5.92. The molecule has 1 aliphatic heterocycles. The van der Waals surface area contributed by atoms with E-state index in [4.69, 9.17) is 4.98 Å². The number of piperidine rings is 1. The van der Waals surface area contributed by atoms with Crippen LogP contribution in [0.1, 0.15) is 54.4 Å². The number of rotatable bonds is 1. The molecule has 1 saturated heterocycles. The maximum atomic E-state index is 12.1. The van der Waals surface area contributed by atoms with Crippen LogP contribution in [0.3, 0.4) is 0 Å². The third kappa shape index (κ3) is 2.36. The standard InChI is InChI=1S/C15H21N3O/c1-10-8-12-14(13(19)9-10)11(2)16-15(17-12)18-6-4-3-5-7-18/h10H,3-9H2,1-2H3/t10-/m1/s1. The van der Waals surface area contributed by atoms with Crippen molar-refractivity contribution < 1.29 is 4.79 Å². The Hall–Kier alpha value is -1.45. The van der Waals surface area contributed by atoms with Gasteiger partial charge in [0.05, 0.1) is 17.0 Å². The molecule has 0 N–H and O–H groups in total. The first kappa shape index (κ1) is 12.6. The molecular weight excluding hydrogens is 238 g/mol. The summed E-state index contributed by atoms with van der Waals surface area (Å²) in [6, 6.07) is 0. The smallest absolute Gasteiger partial charge is 0.225 e. The number of nitrogens with zero attached hydrogens (tertiary/aromatic N) is 3. The first-order chi connectivity index (χ1) is 9.15. The molecule has 19 heavy (non-hydrogen) atoms. The Morgan fingerprint density at radius 3 is 2.58 bits per heavy atom. The lowest BCUT2D eigenvalue weighted by Gasteiger charge is -2.29. The summed E-state index contributed by atoms with van der Waals surface area (Å²) in [7, 11) is 0. The summed E-state index contributed by atoms with van der Waals surface area (Å²) in [5.74, 6) is 1.46. The van der Waals surface area contributed by atoms with E-state index in [1.54, 1.807) is 0 Å². The summed E-state index contributed by atoms with van der Waals surface area (Å²) in [4.78, 5) is 23.6. The molecule has 1 aliphatic carbocycles. The molecule has 1 aromatic heterocycles. The monoisotopic (exact) mass is 259 g/mol. The van der Waals surface area contributed by atoms with E-state index in [2.05, 4.69) is 16.8 Å². The van der Waals surface area contributed by atoms with Gasteiger partial charge in [0.15, 0.2) is 5.78 Å². The van der Waals surface area contributed by atoms with Crippen LogP contribution in [-0.2, 0) is 6.42 Å². The van der Waals surface area contributed by atoms with E-state index in [-0.39, 0.29) is 5.78 Å². The molecule has 1 fully saturated rings. The summed E-state index contributed by atoms with van der Waals surface area (Å²) in [6.45, 7) is 6.16. The van der Waals surface area contributed by atoms with Gasteiger partial charge in [-0.05, 0) is 38.5 Å². The number of ketones is 1. The van der Waals surface area contributed by atoms with E-state index in [9.17, 15) is 4.79 Å².